The minimum Gasteiger partial charge on any atom is -0.496 e. The summed E-state index contributed by atoms with van der Waals surface area (Å²) in [5.74, 6) is 0.0598. The molecule has 0 saturated carbocycles. The molecule has 4 heteroatoms. The molecule has 2 unspecified atom stereocenters. The number of hydrogen-bond donors (Lipinski definition) is 1. The van der Waals surface area contributed by atoms with Gasteiger partial charge < -0.3 is 15.2 Å². The van der Waals surface area contributed by atoms with E-state index in [9.17, 15) is 4.79 Å². The molecule has 0 heterocycles. The number of carbonyl (C=O) groups is 1. The molecule has 1 aromatic carbocycles. The maximum atomic E-state index is 11.6. The van der Waals surface area contributed by atoms with Crippen LogP contribution >= 0.6 is 0 Å². The molecule has 0 amide bonds. The van der Waals surface area contributed by atoms with Gasteiger partial charge in [0.2, 0.25) is 0 Å². The number of esters is 1. The topological polar surface area (TPSA) is 61.5 Å². The van der Waals surface area contributed by atoms with Crippen LogP contribution in [0.2, 0.25) is 0 Å². The van der Waals surface area contributed by atoms with Crippen molar-refractivity contribution in [3.8, 4) is 5.75 Å². The molecular weight excluding hydrogens is 218 g/mol. The Morgan fingerprint density at radius 1 is 1.35 bits per heavy atom. The molecule has 0 aromatic heterocycles. The van der Waals surface area contributed by atoms with Gasteiger partial charge in [-0.1, -0.05) is 25.1 Å². The highest BCUT2D eigenvalue weighted by Gasteiger charge is 2.27. The summed E-state index contributed by atoms with van der Waals surface area (Å²) in [5, 5.41) is 0. The molecule has 17 heavy (non-hydrogen) atoms. The number of nitrogens with two attached hydrogens (primary N) is 1. The van der Waals surface area contributed by atoms with Gasteiger partial charge in [0.05, 0.1) is 20.1 Å². The zero-order chi connectivity index (χ0) is 12.8. The van der Waals surface area contributed by atoms with Crippen LogP contribution in [0.15, 0.2) is 24.3 Å². The Bertz CT molecular complexity index is 379. The molecule has 1 aromatic rings. The van der Waals surface area contributed by atoms with E-state index in [0.29, 0.717) is 12.2 Å². The fourth-order valence-electron chi connectivity index (χ4n) is 1.88. The van der Waals surface area contributed by atoms with Crippen molar-refractivity contribution in [3.05, 3.63) is 29.8 Å². The predicted molar refractivity (Wildman–Crippen MR) is 65.7 cm³/mol. The molecule has 0 radical (unpaired) electrons. The quantitative estimate of drug-likeness (QED) is 0.794. The molecular formula is C13H19NO3. The number of benzene rings is 1. The second-order valence-corrected chi connectivity index (χ2v) is 3.81. The Balaban J connectivity index is 3.01. The average Bonchev–Trinajstić information content (AvgIpc) is 2.38. The molecule has 2 atom stereocenters. The number of carbonyl (C=O) groups excluding carboxylic acids is 1. The van der Waals surface area contributed by atoms with Gasteiger partial charge in [-0.15, -0.1) is 0 Å². The van der Waals surface area contributed by atoms with E-state index >= 15 is 0 Å². The van der Waals surface area contributed by atoms with Gasteiger partial charge in [0, 0.05) is 11.6 Å². The Labute approximate surface area is 102 Å². The predicted octanol–water partition coefficient (Wildman–Crippen LogP) is 1.89. The van der Waals surface area contributed by atoms with Crippen LogP contribution in [0.25, 0.3) is 0 Å². The number of hydrogen-bond acceptors (Lipinski definition) is 4. The lowest BCUT2D eigenvalue weighted by Gasteiger charge is -2.22. The number of ether oxygens (including phenoxy) is 2. The summed E-state index contributed by atoms with van der Waals surface area (Å²) in [6.07, 6.45) is 0.631. The Kier molecular flexibility index (Phi) is 4.97. The maximum Gasteiger partial charge on any atom is 0.310 e. The van der Waals surface area contributed by atoms with Crippen molar-refractivity contribution in [1.82, 2.24) is 0 Å². The van der Waals surface area contributed by atoms with Crippen molar-refractivity contribution < 1.29 is 14.3 Å². The van der Waals surface area contributed by atoms with Gasteiger partial charge in [-0.05, 0) is 12.5 Å². The van der Waals surface area contributed by atoms with Crippen LogP contribution in [0, 0.1) is 5.92 Å². The fourth-order valence-corrected chi connectivity index (χ4v) is 1.88. The summed E-state index contributed by atoms with van der Waals surface area (Å²) in [4.78, 5) is 11.6. The zero-order valence-corrected chi connectivity index (χ0v) is 10.5. The van der Waals surface area contributed by atoms with E-state index in [1.807, 2.05) is 31.2 Å². The molecule has 0 fully saturated rings. The van der Waals surface area contributed by atoms with Crippen LogP contribution in [-0.4, -0.2) is 20.2 Å². The highest BCUT2D eigenvalue weighted by Crippen LogP contribution is 2.30. The minimum atomic E-state index is -0.413. The number of para-hydroxylation sites is 1. The van der Waals surface area contributed by atoms with Gasteiger partial charge in [0.25, 0.3) is 0 Å². The largest absolute Gasteiger partial charge is 0.496 e. The second kappa shape index (κ2) is 6.25. The first kappa shape index (κ1) is 13.5. The Morgan fingerprint density at radius 3 is 2.53 bits per heavy atom. The van der Waals surface area contributed by atoms with Gasteiger partial charge in [0.15, 0.2) is 0 Å². The zero-order valence-electron chi connectivity index (χ0n) is 10.5. The van der Waals surface area contributed by atoms with E-state index in [0.717, 1.165) is 5.56 Å². The lowest BCUT2D eigenvalue weighted by Crippen LogP contribution is -2.29. The third-order valence-corrected chi connectivity index (χ3v) is 2.88. The van der Waals surface area contributed by atoms with Gasteiger partial charge in [-0.3, -0.25) is 4.79 Å². The first-order chi connectivity index (χ1) is 8.15. The van der Waals surface area contributed by atoms with Crippen molar-refractivity contribution in [2.24, 2.45) is 11.7 Å². The molecule has 0 spiro atoms. The first-order valence-electron chi connectivity index (χ1n) is 5.62. The van der Waals surface area contributed by atoms with E-state index in [1.165, 1.54) is 7.11 Å². The van der Waals surface area contributed by atoms with Gasteiger partial charge in [-0.2, -0.15) is 0 Å². The lowest BCUT2D eigenvalue weighted by molar-refractivity contribution is -0.146. The molecule has 0 aliphatic rings. The smallest absolute Gasteiger partial charge is 0.310 e. The van der Waals surface area contributed by atoms with E-state index in [4.69, 9.17) is 15.2 Å². The van der Waals surface area contributed by atoms with Crippen LogP contribution in [0.3, 0.4) is 0 Å². The van der Waals surface area contributed by atoms with E-state index in [1.54, 1.807) is 7.11 Å². The van der Waals surface area contributed by atoms with Gasteiger partial charge in [0.1, 0.15) is 5.75 Å². The Hall–Kier alpha value is -1.55. The standard InChI is InChI=1S/C13H19NO3/c1-4-9(13(15)17-3)12(14)10-7-5-6-8-11(10)16-2/h5-9,12H,4,14H2,1-3H3. The summed E-state index contributed by atoms with van der Waals surface area (Å²) >= 11 is 0. The molecule has 2 N–H and O–H groups in total. The average molecular weight is 237 g/mol. The molecule has 1 rings (SSSR count). The highest BCUT2D eigenvalue weighted by atomic mass is 16.5. The summed E-state index contributed by atoms with van der Waals surface area (Å²) in [7, 11) is 2.96. The third-order valence-electron chi connectivity index (χ3n) is 2.88. The first-order valence-corrected chi connectivity index (χ1v) is 5.62. The molecule has 0 aliphatic heterocycles. The lowest BCUT2D eigenvalue weighted by atomic mass is 9.91. The van der Waals surface area contributed by atoms with Crippen molar-refractivity contribution in [3.63, 3.8) is 0 Å². The maximum absolute atomic E-state index is 11.6. The normalized spacial score (nSPS) is 13.9. The molecule has 94 valence electrons. The molecule has 0 bridgehead atoms. The van der Waals surface area contributed by atoms with Crippen molar-refractivity contribution in [1.29, 1.82) is 0 Å². The van der Waals surface area contributed by atoms with Gasteiger partial charge in [-0.25, -0.2) is 0 Å². The summed E-state index contributed by atoms with van der Waals surface area (Å²) in [6, 6.07) is 7.04. The summed E-state index contributed by atoms with van der Waals surface area (Å²) in [6.45, 7) is 1.91. The van der Waals surface area contributed by atoms with Crippen LogP contribution in [0.4, 0.5) is 0 Å². The fraction of sp³-hybridized carbons (Fsp3) is 0.462. The number of rotatable bonds is 5. The van der Waals surface area contributed by atoms with Crippen LogP contribution < -0.4 is 10.5 Å². The van der Waals surface area contributed by atoms with E-state index in [2.05, 4.69) is 0 Å². The van der Waals surface area contributed by atoms with E-state index < -0.39 is 6.04 Å². The van der Waals surface area contributed by atoms with Crippen molar-refractivity contribution in [2.75, 3.05) is 14.2 Å². The van der Waals surface area contributed by atoms with Crippen molar-refractivity contribution >= 4 is 5.97 Å². The van der Waals surface area contributed by atoms with Crippen molar-refractivity contribution in [2.45, 2.75) is 19.4 Å². The SMILES string of the molecule is CCC(C(=O)OC)C(N)c1ccccc1OC. The van der Waals surface area contributed by atoms with Gasteiger partial charge >= 0.3 is 5.97 Å². The molecule has 0 saturated heterocycles. The van der Waals surface area contributed by atoms with E-state index in [-0.39, 0.29) is 11.9 Å². The van der Waals surface area contributed by atoms with Crippen LogP contribution in [-0.2, 0) is 9.53 Å². The van der Waals surface area contributed by atoms with Crippen LogP contribution in [0.1, 0.15) is 24.9 Å². The summed E-state index contributed by atoms with van der Waals surface area (Å²) in [5.41, 5.74) is 6.95. The van der Waals surface area contributed by atoms with Crippen LogP contribution in [0.5, 0.6) is 5.75 Å². The highest BCUT2D eigenvalue weighted by molar-refractivity contribution is 5.73. The molecule has 0 aliphatic carbocycles. The third kappa shape index (κ3) is 2.97. The minimum absolute atomic E-state index is 0.286. The Morgan fingerprint density at radius 2 is 2.00 bits per heavy atom. The summed E-state index contributed by atoms with van der Waals surface area (Å²) < 4.78 is 10.0. The monoisotopic (exact) mass is 237 g/mol. The molecule has 4 nitrogen and oxygen atoms in total. The second-order valence-electron chi connectivity index (χ2n) is 3.81. The number of methoxy groups -OCH3 is 2.